The Balaban J connectivity index is 1.43. The first-order valence-corrected chi connectivity index (χ1v) is 9.83. The van der Waals surface area contributed by atoms with Crippen molar-refractivity contribution in [2.75, 3.05) is 17.7 Å². The zero-order valence-electron chi connectivity index (χ0n) is 15.9. The first-order chi connectivity index (χ1) is 14.6. The molecule has 0 saturated heterocycles. The molecule has 30 heavy (non-hydrogen) atoms. The zero-order chi connectivity index (χ0) is 20.9. The summed E-state index contributed by atoms with van der Waals surface area (Å²) in [6.07, 6.45) is 3.04. The molecular weight excluding hydrogens is 402 g/mol. The van der Waals surface area contributed by atoms with Crippen LogP contribution in [0.15, 0.2) is 72.4 Å². The van der Waals surface area contributed by atoms with Gasteiger partial charge in [-0.2, -0.15) is 5.10 Å². The number of benzene rings is 2. The van der Waals surface area contributed by atoms with Crippen LogP contribution in [0.25, 0.3) is 16.3 Å². The molecule has 4 rings (SSSR count). The second-order valence-electron chi connectivity index (χ2n) is 6.20. The molecular formula is C21H17N5O3S. The molecule has 9 heteroatoms. The van der Waals surface area contributed by atoms with Crippen LogP contribution in [0, 0.1) is 0 Å². The van der Waals surface area contributed by atoms with E-state index < -0.39 is 6.09 Å². The van der Waals surface area contributed by atoms with E-state index in [0.29, 0.717) is 22.1 Å². The van der Waals surface area contributed by atoms with Gasteiger partial charge in [-0.15, -0.1) is 11.3 Å². The number of rotatable bonds is 5. The highest BCUT2D eigenvalue weighted by molar-refractivity contribution is 7.13. The van der Waals surface area contributed by atoms with E-state index in [0.717, 1.165) is 11.3 Å². The third kappa shape index (κ3) is 4.36. The first-order valence-electron chi connectivity index (χ1n) is 8.95. The highest BCUT2D eigenvalue weighted by atomic mass is 32.1. The van der Waals surface area contributed by atoms with Crippen LogP contribution in [-0.2, 0) is 4.74 Å². The van der Waals surface area contributed by atoms with E-state index in [1.54, 1.807) is 40.5 Å². The number of carbonyl (C=O) groups excluding carboxylic acids is 2. The Morgan fingerprint density at radius 2 is 1.70 bits per heavy atom. The summed E-state index contributed by atoms with van der Waals surface area (Å²) in [4.78, 5) is 28.2. The maximum absolute atomic E-state index is 12.5. The summed E-state index contributed by atoms with van der Waals surface area (Å²) < 4.78 is 6.30. The number of aromatic nitrogens is 3. The van der Waals surface area contributed by atoms with Gasteiger partial charge in [0.05, 0.1) is 19.0 Å². The average Bonchev–Trinajstić information content (AvgIpc) is 3.45. The molecule has 0 aliphatic carbocycles. The van der Waals surface area contributed by atoms with Gasteiger partial charge in [-0.3, -0.25) is 10.1 Å². The van der Waals surface area contributed by atoms with E-state index in [9.17, 15) is 9.59 Å². The van der Waals surface area contributed by atoms with Crippen molar-refractivity contribution in [1.29, 1.82) is 0 Å². The van der Waals surface area contributed by atoms with Gasteiger partial charge in [-0.05, 0) is 36.4 Å². The Labute approximate surface area is 176 Å². The normalized spacial score (nSPS) is 10.4. The number of nitrogens with one attached hydrogen (secondary N) is 2. The minimum atomic E-state index is -0.558. The number of anilines is 2. The molecule has 150 valence electrons. The van der Waals surface area contributed by atoms with Crippen LogP contribution in [0.4, 0.5) is 16.2 Å². The fraction of sp³-hybridized carbons (Fsp3) is 0.0476. The lowest BCUT2D eigenvalue weighted by Gasteiger charge is -2.06. The number of methoxy groups -OCH3 is 1. The molecule has 0 radical (unpaired) electrons. The lowest BCUT2D eigenvalue weighted by Crippen LogP contribution is -2.13. The van der Waals surface area contributed by atoms with Gasteiger partial charge in [0.1, 0.15) is 10.7 Å². The molecule has 2 amide bonds. The van der Waals surface area contributed by atoms with E-state index in [1.165, 1.54) is 18.4 Å². The van der Waals surface area contributed by atoms with Crippen LogP contribution in [0.3, 0.4) is 0 Å². The molecule has 2 N–H and O–H groups in total. The number of thiazole rings is 1. The van der Waals surface area contributed by atoms with Gasteiger partial charge in [0, 0.05) is 28.5 Å². The fourth-order valence-electron chi connectivity index (χ4n) is 2.67. The summed E-state index contributed by atoms with van der Waals surface area (Å²) in [6.45, 7) is 0. The Hall–Kier alpha value is -3.98. The van der Waals surface area contributed by atoms with Gasteiger partial charge >= 0.3 is 6.09 Å². The van der Waals surface area contributed by atoms with Crippen molar-refractivity contribution in [1.82, 2.24) is 14.8 Å². The van der Waals surface area contributed by atoms with Crippen molar-refractivity contribution in [3.05, 3.63) is 78.1 Å². The summed E-state index contributed by atoms with van der Waals surface area (Å²) in [5.74, 6) is -0.318. The van der Waals surface area contributed by atoms with Gasteiger partial charge < -0.3 is 10.1 Å². The Kier molecular flexibility index (Phi) is 5.53. The highest BCUT2D eigenvalue weighted by Gasteiger charge is 2.14. The van der Waals surface area contributed by atoms with E-state index in [2.05, 4.69) is 25.5 Å². The first kappa shape index (κ1) is 19.3. The van der Waals surface area contributed by atoms with Crippen molar-refractivity contribution >= 4 is 34.7 Å². The Morgan fingerprint density at radius 3 is 2.40 bits per heavy atom. The van der Waals surface area contributed by atoms with E-state index in [1.807, 2.05) is 36.5 Å². The molecule has 0 bridgehead atoms. The molecule has 0 unspecified atom stereocenters. The predicted octanol–water partition coefficient (Wildman–Crippen LogP) is 4.43. The van der Waals surface area contributed by atoms with Crippen molar-refractivity contribution in [2.45, 2.75) is 0 Å². The smallest absolute Gasteiger partial charge is 0.411 e. The highest BCUT2D eigenvalue weighted by Crippen LogP contribution is 2.25. The van der Waals surface area contributed by atoms with Gasteiger partial charge in [0.25, 0.3) is 5.91 Å². The van der Waals surface area contributed by atoms with E-state index in [4.69, 9.17) is 0 Å². The van der Waals surface area contributed by atoms with Gasteiger partial charge in [-0.1, -0.05) is 18.2 Å². The van der Waals surface area contributed by atoms with Gasteiger partial charge in [0.2, 0.25) is 0 Å². The van der Waals surface area contributed by atoms with E-state index in [-0.39, 0.29) is 5.91 Å². The average molecular weight is 419 g/mol. The number of para-hydroxylation sites is 1. The topological polar surface area (TPSA) is 98.1 Å². The number of amides is 2. The fourth-order valence-corrected chi connectivity index (χ4v) is 3.44. The lowest BCUT2D eigenvalue weighted by atomic mass is 10.2. The van der Waals surface area contributed by atoms with Gasteiger partial charge in [-0.25, -0.2) is 14.5 Å². The van der Waals surface area contributed by atoms with Crippen LogP contribution in [0.2, 0.25) is 0 Å². The van der Waals surface area contributed by atoms with Crippen molar-refractivity contribution in [2.24, 2.45) is 0 Å². The summed E-state index contributed by atoms with van der Waals surface area (Å²) in [5.41, 5.74) is 3.25. The Morgan fingerprint density at radius 1 is 1.00 bits per heavy atom. The molecule has 0 saturated carbocycles. The van der Waals surface area contributed by atoms with Crippen molar-refractivity contribution in [3.8, 4) is 16.3 Å². The van der Waals surface area contributed by atoms with E-state index >= 15 is 0 Å². The quantitative estimate of drug-likeness (QED) is 0.499. The van der Waals surface area contributed by atoms with Crippen molar-refractivity contribution < 1.29 is 14.3 Å². The SMILES string of the molecule is COC(=O)Nc1ccc(NC(=O)c2csc(-c3cnn(-c4ccccc4)c3)n2)cc1. The standard InChI is InChI=1S/C21H17N5O3S/c1-29-21(28)24-16-9-7-15(8-10-16)23-19(27)18-13-30-20(25-18)14-11-22-26(12-14)17-5-3-2-4-6-17/h2-13H,1H3,(H,23,27)(H,24,28). The van der Waals surface area contributed by atoms with Crippen LogP contribution < -0.4 is 10.6 Å². The molecule has 0 spiro atoms. The molecule has 8 nitrogen and oxygen atoms in total. The van der Waals surface area contributed by atoms with Gasteiger partial charge in [0.15, 0.2) is 0 Å². The molecule has 2 aromatic carbocycles. The predicted molar refractivity (Wildman–Crippen MR) is 115 cm³/mol. The molecule has 0 aliphatic rings. The number of ether oxygens (including phenoxy) is 1. The third-order valence-electron chi connectivity index (χ3n) is 4.16. The summed E-state index contributed by atoms with van der Waals surface area (Å²) >= 11 is 1.38. The van der Waals surface area contributed by atoms with Crippen LogP contribution in [-0.4, -0.2) is 33.9 Å². The second kappa shape index (κ2) is 8.58. The minimum absolute atomic E-state index is 0.318. The minimum Gasteiger partial charge on any atom is -0.453 e. The molecule has 0 fully saturated rings. The molecule has 2 aromatic heterocycles. The third-order valence-corrected chi connectivity index (χ3v) is 5.05. The summed E-state index contributed by atoms with van der Waals surface area (Å²) in [5, 5.41) is 12.1. The molecule has 0 aliphatic heterocycles. The number of hydrogen-bond donors (Lipinski definition) is 2. The lowest BCUT2D eigenvalue weighted by molar-refractivity contribution is 0.102. The largest absolute Gasteiger partial charge is 0.453 e. The molecule has 4 aromatic rings. The number of carbonyl (C=O) groups is 2. The maximum atomic E-state index is 12.5. The molecule has 2 heterocycles. The van der Waals surface area contributed by atoms with Crippen LogP contribution in [0.5, 0.6) is 0 Å². The number of hydrogen-bond acceptors (Lipinski definition) is 6. The Bertz CT molecular complexity index is 1170. The number of nitrogens with zero attached hydrogens (tertiary/aromatic N) is 3. The van der Waals surface area contributed by atoms with Crippen LogP contribution in [0.1, 0.15) is 10.5 Å². The zero-order valence-corrected chi connectivity index (χ0v) is 16.7. The van der Waals surface area contributed by atoms with Crippen molar-refractivity contribution in [3.63, 3.8) is 0 Å². The maximum Gasteiger partial charge on any atom is 0.411 e. The monoisotopic (exact) mass is 419 g/mol. The second-order valence-corrected chi connectivity index (χ2v) is 7.05. The summed E-state index contributed by atoms with van der Waals surface area (Å²) in [6, 6.07) is 16.4. The van der Waals surface area contributed by atoms with Crippen LogP contribution >= 0.6 is 11.3 Å². The molecule has 0 atom stereocenters. The summed E-state index contributed by atoms with van der Waals surface area (Å²) in [7, 11) is 1.29.